The highest BCUT2D eigenvalue weighted by Crippen LogP contribution is 2.22. The number of aromatic nitrogens is 1. The number of pyridine rings is 1. The van der Waals surface area contributed by atoms with Crippen LogP contribution in [0.15, 0.2) is 27.8 Å². The van der Waals surface area contributed by atoms with Crippen LogP contribution in [0, 0.1) is 0 Å². The van der Waals surface area contributed by atoms with Crippen LogP contribution in [0.2, 0.25) is 0 Å². The second-order valence-corrected chi connectivity index (χ2v) is 4.99. The third kappa shape index (κ3) is 3.25. The Hall–Kier alpha value is -0.0200. The third-order valence-electron chi connectivity index (χ3n) is 1.05. The summed E-state index contributed by atoms with van der Waals surface area (Å²) < 4.78 is 1.09. The van der Waals surface area contributed by atoms with Crippen molar-refractivity contribution in [3.8, 4) is 0 Å². The summed E-state index contributed by atoms with van der Waals surface area (Å²) in [6, 6.07) is 3.97. The Kier molecular flexibility index (Phi) is 3.40. The van der Waals surface area contributed by atoms with Gasteiger partial charge in [0.25, 0.3) is 0 Å². The lowest BCUT2D eigenvalue weighted by atomic mass is 10.5. The fraction of sp³-hybridized carbons (Fsp3) is 0.375. The molecule has 3 heteroatoms. The minimum absolute atomic E-state index is 0.594. The molecule has 0 saturated carbocycles. The highest BCUT2D eigenvalue weighted by Gasteiger charge is 1.98. The summed E-state index contributed by atoms with van der Waals surface area (Å²) in [7, 11) is 0. The van der Waals surface area contributed by atoms with E-state index in [1.54, 1.807) is 11.8 Å². The average molecular weight is 232 g/mol. The summed E-state index contributed by atoms with van der Waals surface area (Å²) >= 11 is 5.17. The molecule has 0 amide bonds. The van der Waals surface area contributed by atoms with Crippen LogP contribution in [0.5, 0.6) is 0 Å². The zero-order valence-corrected chi connectivity index (χ0v) is 8.95. The fourth-order valence-corrected chi connectivity index (χ4v) is 1.98. The predicted molar refractivity (Wildman–Crippen MR) is 52.9 cm³/mol. The Morgan fingerprint density at radius 1 is 1.55 bits per heavy atom. The van der Waals surface area contributed by atoms with E-state index < -0.39 is 0 Å². The lowest BCUT2D eigenvalue weighted by Crippen LogP contribution is -1.87. The molecule has 0 radical (unpaired) electrons. The highest BCUT2D eigenvalue weighted by molar-refractivity contribution is 9.10. The maximum Gasteiger partial charge on any atom is 0.0973 e. The van der Waals surface area contributed by atoms with Crippen LogP contribution in [0.3, 0.4) is 0 Å². The number of rotatable bonds is 2. The van der Waals surface area contributed by atoms with Crippen molar-refractivity contribution in [1.82, 2.24) is 4.98 Å². The number of hydrogen-bond donors (Lipinski definition) is 0. The van der Waals surface area contributed by atoms with Gasteiger partial charge in [-0.25, -0.2) is 4.98 Å². The Balaban J connectivity index is 2.71. The first-order valence-corrected chi connectivity index (χ1v) is 5.14. The van der Waals surface area contributed by atoms with Gasteiger partial charge in [-0.05, 0) is 12.1 Å². The van der Waals surface area contributed by atoms with Crippen LogP contribution in [0.4, 0.5) is 0 Å². The van der Waals surface area contributed by atoms with E-state index in [1.165, 1.54) is 0 Å². The Morgan fingerprint density at radius 3 is 2.82 bits per heavy atom. The van der Waals surface area contributed by atoms with E-state index >= 15 is 0 Å². The van der Waals surface area contributed by atoms with Gasteiger partial charge in [0.2, 0.25) is 0 Å². The standard InChI is InChI=1S/C8H10BrNS/c1-6(2)11-8-5-7(9)3-4-10-8/h3-6H,1-2H3. The van der Waals surface area contributed by atoms with Crippen LogP contribution in [-0.2, 0) is 0 Å². The van der Waals surface area contributed by atoms with Gasteiger partial charge >= 0.3 is 0 Å². The van der Waals surface area contributed by atoms with Gasteiger partial charge in [0.05, 0.1) is 5.03 Å². The molecule has 0 N–H and O–H groups in total. The van der Waals surface area contributed by atoms with Crippen molar-refractivity contribution in [2.45, 2.75) is 24.1 Å². The summed E-state index contributed by atoms with van der Waals surface area (Å²) in [6.07, 6.45) is 1.81. The SMILES string of the molecule is CC(C)Sc1cc(Br)ccn1. The first-order valence-electron chi connectivity index (χ1n) is 3.46. The molecule has 11 heavy (non-hydrogen) atoms. The van der Waals surface area contributed by atoms with E-state index in [2.05, 4.69) is 34.8 Å². The van der Waals surface area contributed by atoms with E-state index in [-0.39, 0.29) is 0 Å². The van der Waals surface area contributed by atoms with Crippen molar-refractivity contribution in [3.63, 3.8) is 0 Å². The highest BCUT2D eigenvalue weighted by atomic mass is 79.9. The molecule has 0 spiro atoms. The van der Waals surface area contributed by atoms with Gasteiger partial charge in [-0.1, -0.05) is 29.8 Å². The second-order valence-electron chi connectivity index (χ2n) is 2.48. The van der Waals surface area contributed by atoms with Crippen LogP contribution in [0.1, 0.15) is 13.8 Å². The molecular weight excluding hydrogens is 222 g/mol. The van der Waals surface area contributed by atoms with Crippen molar-refractivity contribution in [2.75, 3.05) is 0 Å². The molecule has 1 nitrogen and oxygen atoms in total. The second kappa shape index (κ2) is 4.12. The molecule has 0 fully saturated rings. The molecule has 0 atom stereocenters. The van der Waals surface area contributed by atoms with Gasteiger partial charge in [0, 0.05) is 15.9 Å². The van der Waals surface area contributed by atoms with Crippen molar-refractivity contribution < 1.29 is 0 Å². The predicted octanol–water partition coefficient (Wildman–Crippen LogP) is 3.34. The van der Waals surface area contributed by atoms with Crippen LogP contribution < -0.4 is 0 Å². The summed E-state index contributed by atoms with van der Waals surface area (Å²) in [5.74, 6) is 0. The van der Waals surface area contributed by atoms with Crippen LogP contribution >= 0.6 is 27.7 Å². The van der Waals surface area contributed by atoms with Crippen molar-refractivity contribution in [1.29, 1.82) is 0 Å². The smallest absolute Gasteiger partial charge is 0.0973 e. The van der Waals surface area contributed by atoms with Gasteiger partial charge in [-0.3, -0.25) is 0 Å². The molecule has 1 aromatic heterocycles. The molecule has 1 aromatic rings. The lowest BCUT2D eigenvalue weighted by molar-refractivity contribution is 1.07. The first-order chi connectivity index (χ1) is 5.18. The molecule has 1 heterocycles. The van der Waals surface area contributed by atoms with Crippen molar-refractivity contribution in [3.05, 3.63) is 22.8 Å². The maximum absolute atomic E-state index is 4.21. The molecule has 0 aromatic carbocycles. The van der Waals surface area contributed by atoms with Gasteiger partial charge < -0.3 is 0 Å². The first kappa shape index (κ1) is 9.07. The normalized spacial score (nSPS) is 10.5. The summed E-state index contributed by atoms with van der Waals surface area (Å²) in [5, 5.41) is 1.67. The van der Waals surface area contributed by atoms with Gasteiger partial charge in [-0.15, -0.1) is 11.8 Å². The van der Waals surface area contributed by atoms with E-state index in [1.807, 2.05) is 18.3 Å². The molecule has 0 bridgehead atoms. The number of nitrogens with zero attached hydrogens (tertiary/aromatic N) is 1. The minimum atomic E-state index is 0.594. The van der Waals surface area contributed by atoms with E-state index in [0.29, 0.717) is 5.25 Å². The molecule has 0 aliphatic rings. The van der Waals surface area contributed by atoms with E-state index in [0.717, 1.165) is 9.50 Å². The monoisotopic (exact) mass is 231 g/mol. The maximum atomic E-state index is 4.21. The van der Waals surface area contributed by atoms with E-state index in [4.69, 9.17) is 0 Å². The Labute approximate surface area is 79.7 Å². The molecule has 0 aliphatic carbocycles. The topological polar surface area (TPSA) is 12.9 Å². The van der Waals surface area contributed by atoms with Crippen LogP contribution in [-0.4, -0.2) is 10.2 Å². The molecule has 0 saturated heterocycles. The summed E-state index contributed by atoms with van der Waals surface area (Å²) in [6.45, 7) is 4.32. The molecule has 0 unspecified atom stereocenters. The largest absolute Gasteiger partial charge is 0.250 e. The third-order valence-corrected chi connectivity index (χ3v) is 2.48. The average Bonchev–Trinajstić information content (AvgIpc) is 1.85. The Morgan fingerprint density at radius 2 is 2.27 bits per heavy atom. The van der Waals surface area contributed by atoms with Gasteiger partial charge in [0.1, 0.15) is 0 Å². The lowest BCUT2D eigenvalue weighted by Gasteiger charge is -2.02. The molecular formula is C8H10BrNS. The molecule has 0 aliphatic heterocycles. The van der Waals surface area contributed by atoms with Crippen molar-refractivity contribution in [2.24, 2.45) is 0 Å². The van der Waals surface area contributed by atoms with E-state index in [9.17, 15) is 0 Å². The number of thioether (sulfide) groups is 1. The zero-order chi connectivity index (χ0) is 8.27. The van der Waals surface area contributed by atoms with Gasteiger partial charge in [-0.2, -0.15) is 0 Å². The van der Waals surface area contributed by atoms with Crippen molar-refractivity contribution >= 4 is 27.7 Å². The zero-order valence-electron chi connectivity index (χ0n) is 6.54. The minimum Gasteiger partial charge on any atom is -0.250 e. The Bertz CT molecular complexity index is 237. The number of hydrogen-bond acceptors (Lipinski definition) is 2. The molecule has 60 valence electrons. The van der Waals surface area contributed by atoms with Crippen LogP contribution in [0.25, 0.3) is 0 Å². The summed E-state index contributed by atoms with van der Waals surface area (Å²) in [4.78, 5) is 4.21. The number of halogens is 1. The summed E-state index contributed by atoms with van der Waals surface area (Å²) in [5.41, 5.74) is 0. The van der Waals surface area contributed by atoms with Gasteiger partial charge in [0.15, 0.2) is 0 Å². The quantitative estimate of drug-likeness (QED) is 0.725. The molecule has 1 rings (SSSR count). The fourth-order valence-electron chi connectivity index (χ4n) is 0.691.